The van der Waals surface area contributed by atoms with Crippen LogP contribution in [0.15, 0.2) is 48.5 Å². The zero-order valence-corrected chi connectivity index (χ0v) is 19.2. The van der Waals surface area contributed by atoms with Gasteiger partial charge in [0.05, 0.1) is 15.6 Å². The quantitative estimate of drug-likeness (QED) is 0.456. The zero-order valence-electron chi connectivity index (χ0n) is 17.7. The van der Waals surface area contributed by atoms with Gasteiger partial charge in [-0.25, -0.2) is 4.79 Å². The molecule has 0 fully saturated rings. The molecule has 0 saturated carbocycles. The number of nitrogens with zero attached hydrogens (tertiary/aromatic N) is 2. The number of halogens is 5. The molecule has 11 heteroatoms. The zero-order chi connectivity index (χ0) is 24.8. The molecule has 0 saturated heterocycles. The van der Waals surface area contributed by atoms with Crippen molar-refractivity contribution < 1.29 is 32.3 Å². The molecule has 1 atom stereocenters. The maximum Gasteiger partial charge on any atom is 0.471 e. The molecule has 0 aromatic heterocycles. The first-order valence-corrected chi connectivity index (χ1v) is 10.4. The number of likely N-dealkylation sites (N-methyl/N-ethyl adjacent to an activating group) is 2. The van der Waals surface area contributed by atoms with Crippen LogP contribution in [0.2, 0.25) is 10.0 Å². The summed E-state index contributed by atoms with van der Waals surface area (Å²) in [6, 6.07) is 12.3. The summed E-state index contributed by atoms with van der Waals surface area (Å²) in [5.74, 6) is -1.91. The van der Waals surface area contributed by atoms with Crippen molar-refractivity contribution in [1.82, 2.24) is 9.80 Å². The number of hydrogen-bond acceptors (Lipinski definition) is 4. The minimum absolute atomic E-state index is 0.0827. The highest BCUT2D eigenvalue weighted by molar-refractivity contribution is 6.42. The largest absolute Gasteiger partial charge is 0.471 e. The number of ether oxygens (including phenoxy) is 1. The predicted molar refractivity (Wildman–Crippen MR) is 117 cm³/mol. The van der Waals surface area contributed by atoms with Crippen LogP contribution in [0.1, 0.15) is 18.4 Å². The molecule has 0 unspecified atom stereocenters. The molecule has 0 aliphatic heterocycles. The average molecular weight is 505 g/mol. The number of alkyl halides is 3. The molecule has 0 aliphatic carbocycles. The van der Waals surface area contributed by atoms with Crippen LogP contribution in [-0.4, -0.2) is 54.9 Å². The molecule has 0 heterocycles. The first-order chi connectivity index (χ1) is 15.4. The molecule has 0 spiro atoms. The number of hydrogen-bond donors (Lipinski definition) is 0. The minimum atomic E-state index is -5.13. The van der Waals surface area contributed by atoms with Crippen molar-refractivity contribution in [2.75, 3.05) is 20.6 Å². The maximum absolute atomic E-state index is 13.1. The van der Waals surface area contributed by atoms with Gasteiger partial charge in [-0.1, -0.05) is 47.5 Å². The first-order valence-electron chi connectivity index (χ1n) is 9.64. The van der Waals surface area contributed by atoms with Gasteiger partial charge in [-0.15, -0.1) is 0 Å². The average Bonchev–Trinajstić information content (AvgIpc) is 2.77. The predicted octanol–water partition coefficient (Wildman–Crippen LogP) is 5.32. The van der Waals surface area contributed by atoms with E-state index in [1.807, 2.05) is 0 Å². The minimum Gasteiger partial charge on any atom is -0.410 e. The second kappa shape index (κ2) is 10.9. The topological polar surface area (TPSA) is 66.9 Å². The van der Waals surface area contributed by atoms with E-state index in [2.05, 4.69) is 0 Å². The molecule has 33 heavy (non-hydrogen) atoms. The number of para-hydroxylation sites is 1. The van der Waals surface area contributed by atoms with E-state index in [9.17, 15) is 27.6 Å². The summed E-state index contributed by atoms with van der Waals surface area (Å²) in [5, 5.41) is 0.262. The van der Waals surface area contributed by atoms with Crippen LogP contribution in [-0.2, 0) is 15.1 Å². The van der Waals surface area contributed by atoms with Crippen molar-refractivity contribution in [3.8, 4) is 5.75 Å². The van der Waals surface area contributed by atoms with Gasteiger partial charge in [0.1, 0.15) is 12.0 Å². The third-order valence-electron chi connectivity index (χ3n) is 5.08. The normalized spacial score (nSPS) is 13.1. The van der Waals surface area contributed by atoms with E-state index < -0.39 is 30.3 Å². The Morgan fingerprint density at radius 2 is 1.67 bits per heavy atom. The van der Waals surface area contributed by atoms with Gasteiger partial charge >= 0.3 is 18.2 Å². The third kappa shape index (κ3) is 6.39. The molecule has 0 N–H and O–H groups in total. The van der Waals surface area contributed by atoms with Crippen molar-refractivity contribution in [1.29, 1.82) is 0 Å². The lowest BCUT2D eigenvalue weighted by atomic mass is 9.83. The Morgan fingerprint density at radius 1 is 1.03 bits per heavy atom. The van der Waals surface area contributed by atoms with Crippen LogP contribution in [0.25, 0.3) is 0 Å². The van der Waals surface area contributed by atoms with Crippen molar-refractivity contribution in [3.63, 3.8) is 0 Å². The Kier molecular flexibility index (Phi) is 8.74. The van der Waals surface area contributed by atoms with Crippen LogP contribution < -0.4 is 4.74 Å². The van der Waals surface area contributed by atoms with Gasteiger partial charge < -0.3 is 14.4 Å². The van der Waals surface area contributed by atoms with Crippen LogP contribution in [0, 0.1) is 0 Å². The first kappa shape index (κ1) is 26.5. The van der Waals surface area contributed by atoms with Gasteiger partial charge in [-0.3, -0.25) is 9.69 Å². The summed E-state index contributed by atoms with van der Waals surface area (Å²) in [6.07, 6.45) is -5.73. The highest BCUT2D eigenvalue weighted by Gasteiger charge is 2.47. The molecular weight excluding hydrogens is 484 g/mol. The lowest BCUT2D eigenvalue weighted by Crippen LogP contribution is -2.56. The van der Waals surface area contributed by atoms with Crippen molar-refractivity contribution in [3.05, 3.63) is 64.1 Å². The van der Waals surface area contributed by atoms with E-state index >= 15 is 0 Å². The number of carbonyl (C=O) groups excluding carboxylic acids is 3. The highest BCUT2D eigenvalue weighted by atomic mass is 35.5. The molecule has 2 aromatic rings. The molecule has 0 radical (unpaired) electrons. The molecule has 2 aromatic carbocycles. The van der Waals surface area contributed by atoms with Crippen molar-refractivity contribution in [2.24, 2.45) is 0 Å². The Balaban J connectivity index is 2.58. The van der Waals surface area contributed by atoms with Crippen LogP contribution in [0.5, 0.6) is 5.75 Å². The lowest BCUT2D eigenvalue weighted by molar-refractivity contribution is -0.185. The van der Waals surface area contributed by atoms with Crippen molar-refractivity contribution in [2.45, 2.75) is 24.6 Å². The number of carbonyl (C=O) groups is 3. The summed E-state index contributed by atoms with van der Waals surface area (Å²) in [5.41, 5.74) is -1.33. The molecule has 0 bridgehead atoms. The van der Waals surface area contributed by atoms with E-state index in [4.69, 9.17) is 27.9 Å². The Hall–Kier alpha value is -2.78. The van der Waals surface area contributed by atoms with Gasteiger partial charge in [0, 0.05) is 27.1 Å². The summed E-state index contributed by atoms with van der Waals surface area (Å²) in [4.78, 5) is 37.7. The Labute approximate surface area is 198 Å². The number of rotatable bonds is 8. The molecular formula is C22H21Cl2F3N2O4. The number of benzene rings is 2. The van der Waals surface area contributed by atoms with Gasteiger partial charge in [-0.05, 0) is 36.2 Å². The van der Waals surface area contributed by atoms with Gasteiger partial charge in [-0.2, -0.15) is 13.2 Å². The van der Waals surface area contributed by atoms with Crippen molar-refractivity contribution >= 4 is 41.5 Å². The Bertz CT molecular complexity index is 1000. The molecule has 0 aliphatic rings. The summed E-state index contributed by atoms with van der Waals surface area (Å²) < 4.78 is 44.7. The second-order valence-corrected chi connectivity index (χ2v) is 8.08. The standard InChI is InChI=1S/C22H21Cl2F3N2O4/c1-28(19(31)22(25,26)27)14-21(11-6-12-30,15-9-10-17(23)18(24)13-15)29(2)20(32)33-16-7-4-3-5-8-16/h3-5,7-10,12-13H,6,11,14H2,1-2H3/t21-/m1/s1. The summed E-state index contributed by atoms with van der Waals surface area (Å²) in [6.45, 7) is -0.600. The molecule has 6 nitrogen and oxygen atoms in total. The van der Waals surface area contributed by atoms with Crippen LogP contribution >= 0.6 is 23.2 Å². The highest BCUT2D eigenvalue weighted by Crippen LogP contribution is 2.38. The number of aldehydes is 1. The third-order valence-corrected chi connectivity index (χ3v) is 5.82. The van der Waals surface area contributed by atoms with E-state index in [1.54, 1.807) is 18.2 Å². The Morgan fingerprint density at radius 3 is 2.21 bits per heavy atom. The van der Waals surface area contributed by atoms with Crippen LogP contribution in [0.4, 0.5) is 18.0 Å². The van der Waals surface area contributed by atoms with E-state index in [1.165, 1.54) is 37.4 Å². The smallest absolute Gasteiger partial charge is 0.410 e. The summed E-state index contributed by atoms with van der Waals surface area (Å²) in [7, 11) is 2.27. The fourth-order valence-corrected chi connectivity index (χ4v) is 3.68. The summed E-state index contributed by atoms with van der Waals surface area (Å²) >= 11 is 12.1. The van der Waals surface area contributed by atoms with E-state index in [0.717, 1.165) is 11.9 Å². The second-order valence-electron chi connectivity index (χ2n) is 7.26. The fourth-order valence-electron chi connectivity index (χ4n) is 3.38. The monoisotopic (exact) mass is 504 g/mol. The van der Waals surface area contributed by atoms with Crippen LogP contribution in [0.3, 0.4) is 0 Å². The SMILES string of the molecule is CN(C[C@](CCC=O)(c1ccc(Cl)c(Cl)c1)N(C)C(=O)Oc1ccccc1)C(=O)C(F)(F)F. The molecule has 178 valence electrons. The van der Waals surface area contributed by atoms with Gasteiger partial charge in [0.2, 0.25) is 0 Å². The van der Waals surface area contributed by atoms with E-state index in [0.29, 0.717) is 11.2 Å². The maximum atomic E-state index is 13.1. The molecule has 2 rings (SSSR count). The number of amides is 2. The van der Waals surface area contributed by atoms with Gasteiger partial charge in [0.15, 0.2) is 0 Å². The van der Waals surface area contributed by atoms with E-state index in [-0.39, 0.29) is 34.2 Å². The fraction of sp³-hybridized carbons (Fsp3) is 0.318. The lowest BCUT2D eigenvalue weighted by Gasteiger charge is -2.44. The van der Waals surface area contributed by atoms with Gasteiger partial charge in [0.25, 0.3) is 0 Å². The molecule has 2 amide bonds.